The Morgan fingerprint density at radius 2 is 1.85 bits per heavy atom. The largest absolute Gasteiger partial charge is 0.495 e. The van der Waals surface area contributed by atoms with Crippen molar-refractivity contribution in [2.45, 2.75) is 19.1 Å². The third-order valence-electron chi connectivity index (χ3n) is 3.72. The highest BCUT2D eigenvalue weighted by Crippen LogP contribution is 2.28. The van der Waals surface area contributed by atoms with Crippen LogP contribution >= 0.6 is 11.6 Å². The second-order valence-corrected chi connectivity index (χ2v) is 5.83. The predicted molar refractivity (Wildman–Crippen MR) is 97.3 cm³/mol. The highest BCUT2D eigenvalue weighted by molar-refractivity contribution is 6.32. The Morgan fingerprint density at radius 1 is 1.15 bits per heavy atom. The van der Waals surface area contributed by atoms with Gasteiger partial charge in [0.25, 0.3) is 5.91 Å². The van der Waals surface area contributed by atoms with Crippen molar-refractivity contribution < 1.29 is 24.2 Å². The lowest BCUT2D eigenvalue weighted by atomic mass is 10.0. The van der Waals surface area contributed by atoms with Crippen LogP contribution in [0.2, 0.25) is 5.02 Å². The van der Waals surface area contributed by atoms with Gasteiger partial charge in [-0.25, -0.2) is 4.79 Å². The summed E-state index contributed by atoms with van der Waals surface area (Å²) in [7, 11) is 1.46. The second-order valence-electron chi connectivity index (χ2n) is 5.42. The average molecular weight is 378 g/mol. The van der Waals surface area contributed by atoms with E-state index in [9.17, 15) is 14.7 Å². The molecule has 2 unspecified atom stereocenters. The normalized spacial score (nSPS) is 12.9. The summed E-state index contributed by atoms with van der Waals surface area (Å²) in [6.45, 7) is 2.07. The number of hydrogen-bond donors (Lipinski definition) is 2. The van der Waals surface area contributed by atoms with E-state index in [-0.39, 0.29) is 5.02 Å². The van der Waals surface area contributed by atoms with Crippen molar-refractivity contribution in [2.75, 3.05) is 13.7 Å². The standard InChI is InChI=1S/C19H20ClNO5/c1-3-26-17(12-7-5-4-6-8-12)18(22)21-16(19(23)24)13-9-10-15(25-2)14(20)11-13/h4-11,16-17H,3H2,1-2H3,(H,21,22)(H,23,24). The quantitative estimate of drug-likeness (QED) is 0.736. The van der Waals surface area contributed by atoms with Gasteiger partial charge in [0.1, 0.15) is 5.75 Å². The van der Waals surface area contributed by atoms with Crippen molar-refractivity contribution in [1.82, 2.24) is 5.32 Å². The molecular formula is C19H20ClNO5. The van der Waals surface area contributed by atoms with Gasteiger partial charge in [0.05, 0.1) is 12.1 Å². The summed E-state index contributed by atoms with van der Waals surface area (Å²) >= 11 is 6.07. The molecule has 138 valence electrons. The average Bonchev–Trinajstić information content (AvgIpc) is 2.64. The number of carboxylic acids is 1. The molecule has 2 rings (SSSR count). The maximum absolute atomic E-state index is 12.7. The Kier molecular flexibility index (Phi) is 7.00. The van der Waals surface area contributed by atoms with Gasteiger partial charge in [0.15, 0.2) is 12.1 Å². The summed E-state index contributed by atoms with van der Waals surface area (Å²) in [6, 6.07) is 12.2. The number of benzene rings is 2. The first-order chi connectivity index (χ1) is 12.5. The minimum absolute atomic E-state index is 0.259. The maximum Gasteiger partial charge on any atom is 0.330 e. The Bertz CT molecular complexity index is 766. The number of nitrogens with one attached hydrogen (secondary N) is 1. The monoisotopic (exact) mass is 377 g/mol. The van der Waals surface area contributed by atoms with E-state index in [4.69, 9.17) is 21.1 Å². The second kappa shape index (κ2) is 9.22. The van der Waals surface area contributed by atoms with Crippen LogP contribution in [-0.4, -0.2) is 30.7 Å². The number of carboxylic acid groups (broad SMARTS) is 1. The first kappa shape index (κ1) is 19.8. The molecule has 2 aromatic rings. The van der Waals surface area contributed by atoms with Gasteiger partial charge in [0, 0.05) is 6.61 Å². The highest BCUT2D eigenvalue weighted by Gasteiger charge is 2.28. The molecule has 0 aliphatic carbocycles. The van der Waals surface area contributed by atoms with Crippen LogP contribution in [0.3, 0.4) is 0 Å². The van der Waals surface area contributed by atoms with Crippen LogP contribution in [0.4, 0.5) is 0 Å². The third kappa shape index (κ3) is 4.74. The number of ether oxygens (including phenoxy) is 2. The van der Waals surface area contributed by atoms with Gasteiger partial charge in [-0.1, -0.05) is 48.0 Å². The fourth-order valence-corrected chi connectivity index (χ4v) is 2.75. The molecule has 2 atom stereocenters. The van der Waals surface area contributed by atoms with Gasteiger partial charge < -0.3 is 19.9 Å². The number of halogens is 1. The molecule has 0 bridgehead atoms. The molecular weight excluding hydrogens is 358 g/mol. The molecule has 1 amide bonds. The molecule has 0 aromatic heterocycles. The summed E-state index contributed by atoms with van der Waals surface area (Å²) in [5, 5.41) is 12.3. The molecule has 0 aliphatic rings. The number of hydrogen-bond acceptors (Lipinski definition) is 4. The molecule has 6 nitrogen and oxygen atoms in total. The number of carbonyl (C=O) groups excluding carboxylic acids is 1. The minimum atomic E-state index is -1.27. The summed E-state index contributed by atoms with van der Waals surface area (Å²) in [6.07, 6.45) is -0.906. The lowest BCUT2D eigenvalue weighted by Gasteiger charge is -2.21. The molecule has 0 spiro atoms. The number of methoxy groups -OCH3 is 1. The van der Waals surface area contributed by atoms with E-state index < -0.39 is 24.0 Å². The van der Waals surface area contributed by atoms with Gasteiger partial charge in [-0.05, 0) is 30.2 Å². The van der Waals surface area contributed by atoms with Crippen LogP contribution in [-0.2, 0) is 14.3 Å². The lowest BCUT2D eigenvalue weighted by Crippen LogP contribution is -2.37. The molecule has 0 radical (unpaired) electrons. The zero-order valence-corrected chi connectivity index (χ0v) is 15.2. The summed E-state index contributed by atoms with van der Waals surface area (Å²) in [5.41, 5.74) is 0.976. The van der Waals surface area contributed by atoms with E-state index in [1.54, 1.807) is 43.3 Å². The van der Waals surface area contributed by atoms with E-state index >= 15 is 0 Å². The van der Waals surface area contributed by atoms with Crippen LogP contribution in [0, 0.1) is 0 Å². The number of rotatable bonds is 8. The van der Waals surface area contributed by atoms with E-state index in [2.05, 4.69) is 5.32 Å². The number of aliphatic carboxylic acids is 1. The van der Waals surface area contributed by atoms with Crippen molar-refractivity contribution >= 4 is 23.5 Å². The van der Waals surface area contributed by atoms with Crippen molar-refractivity contribution in [3.63, 3.8) is 0 Å². The van der Waals surface area contributed by atoms with Gasteiger partial charge in [-0.3, -0.25) is 4.79 Å². The number of amides is 1. The van der Waals surface area contributed by atoms with Gasteiger partial charge in [-0.15, -0.1) is 0 Å². The van der Waals surface area contributed by atoms with Gasteiger partial charge >= 0.3 is 5.97 Å². The first-order valence-corrected chi connectivity index (χ1v) is 8.38. The van der Waals surface area contributed by atoms with Crippen LogP contribution in [0.25, 0.3) is 0 Å². The van der Waals surface area contributed by atoms with Crippen molar-refractivity contribution in [2.24, 2.45) is 0 Å². The van der Waals surface area contributed by atoms with Gasteiger partial charge in [0.2, 0.25) is 0 Å². The van der Waals surface area contributed by atoms with E-state index in [1.807, 2.05) is 6.07 Å². The summed E-state index contributed by atoms with van der Waals surface area (Å²) in [4.78, 5) is 24.4. The third-order valence-corrected chi connectivity index (χ3v) is 4.01. The molecule has 2 aromatic carbocycles. The maximum atomic E-state index is 12.7. The molecule has 0 aliphatic heterocycles. The number of carbonyl (C=O) groups is 2. The van der Waals surface area contributed by atoms with E-state index in [0.29, 0.717) is 23.5 Å². The molecule has 0 saturated heterocycles. The zero-order chi connectivity index (χ0) is 19.1. The van der Waals surface area contributed by atoms with Crippen LogP contribution in [0.1, 0.15) is 30.2 Å². The van der Waals surface area contributed by atoms with Crippen LogP contribution < -0.4 is 10.1 Å². The topological polar surface area (TPSA) is 84.9 Å². The van der Waals surface area contributed by atoms with Crippen molar-refractivity contribution in [3.8, 4) is 5.75 Å². The van der Waals surface area contributed by atoms with Gasteiger partial charge in [-0.2, -0.15) is 0 Å². The first-order valence-electron chi connectivity index (χ1n) is 8.01. The Labute approximate surface area is 156 Å². The zero-order valence-electron chi connectivity index (χ0n) is 14.4. The Balaban J connectivity index is 2.26. The van der Waals surface area contributed by atoms with Crippen molar-refractivity contribution in [1.29, 1.82) is 0 Å². The minimum Gasteiger partial charge on any atom is -0.495 e. The SMILES string of the molecule is CCOC(C(=O)NC(C(=O)O)c1ccc(OC)c(Cl)c1)c1ccccc1. The molecule has 7 heteroatoms. The Hall–Kier alpha value is -2.57. The van der Waals surface area contributed by atoms with Crippen LogP contribution in [0.5, 0.6) is 5.75 Å². The molecule has 2 N–H and O–H groups in total. The lowest BCUT2D eigenvalue weighted by molar-refractivity contribution is -0.144. The van der Waals surface area contributed by atoms with Crippen LogP contribution in [0.15, 0.2) is 48.5 Å². The summed E-state index contributed by atoms with van der Waals surface area (Å²) < 4.78 is 10.6. The Morgan fingerprint density at radius 3 is 2.38 bits per heavy atom. The predicted octanol–water partition coefficient (Wildman–Crippen LogP) is 3.37. The van der Waals surface area contributed by atoms with E-state index in [0.717, 1.165) is 0 Å². The molecule has 0 heterocycles. The van der Waals surface area contributed by atoms with Crippen molar-refractivity contribution in [3.05, 3.63) is 64.7 Å². The molecule has 0 saturated carbocycles. The van der Waals surface area contributed by atoms with E-state index in [1.165, 1.54) is 13.2 Å². The summed E-state index contributed by atoms with van der Waals surface area (Å²) in [5.74, 6) is -1.33. The smallest absolute Gasteiger partial charge is 0.330 e. The fourth-order valence-electron chi connectivity index (χ4n) is 2.49. The highest BCUT2D eigenvalue weighted by atomic mass is 35.5. The molecule has 0 fully saturated rings. The fraction of sp³-hybridized carbons (Fsp3) is 0.263. The molecule has 26 heavy (non-hydrogen) atoms.